The second-order valence-electron chi connectivity index (χ2n) is 11.7. The predicted octanol–water partition coefficient (Wildman–Crippen LogP) is 6.89. The van der Waals surface area contributed by atoms with Gasteiger partial charge in [-0.2, -0.15) is 0 Å². The Kier molecular flexibility index (Phi) is 9.91. The zero-order valence-electron chi connectivity index (χ0n) is 25.4. The second-order valence-corrected chi connectivity index (χ2v) is 11.7. The van der Waals surface area contributed by atoms with Crippen molar-refractivity contribution in [2.45, 2.75) is 64.0 Å². The molecule has 0 saturated carbocycles. The SMILES string of the molecule is CCN(c1cc(OC)ccc1[C@@H]1CCc2cc(O)ccc2C1)C(C)c1ccc(OCCN(C)C[C@H]2CCCO2)c(F)c1. The average Bonchev–Trinajstić information content (AvgIpc) is 3.51. The summed E-state index contributed by atoms with van der Waals surface area (Å²) in [5, 5.41) is 9.93. The van der Waals surface area contributed by atoms with Crippen LogP contribution in [0.2, 0.25) is 0 Å². The highest BCUT2D eigenvalue weighted by molar-refractivity contribution is 5.61. The maximum atomic E-state index is 15.3. The normalized spacial score (nSPS) is 19.0. The summed E-state index contributed by atoms with van der Waals surface area (Å²) in [6, 6.07) is 17.4. The number of methoxy groups -OCH3 is 1. The molecule has 3 aromatic carbocycles. The quantitative estimate of drug-likeness (QED) is 0.253. The Morgan fingerprint density at radius 2 is 1.93 bits per heavy atom. The van der Waals surface area contributed by atoms with E-state index in [9.17, 15) is 5.11 Å². The number of nitrogens with zero attached hydrogens (tertiary/aromatic N) is 2. The number of halogens is 1. The van der Waals surface area contributed by atoms with Gasteiger partial charge in [0.2, 0.25) is 0 Å². The highest BCUT2D eigenvalue weighted by Crippen LogP contribution is 2.42. The first-order valence-electron chi connectivity index (χ1n) is 15.3. The largest absolute Gasteiger partial charge is 0.508 e. The van der Waals surface area contributed by atoms with Crippen LogP contribution in [0, 0.1) is 5.82 Å². The number of hydrogen-bond acceptors (Lipinski definition) is 6. The Morgan fingerprint density at radius 3 is 2.67 bits per heavy atom. The summed E-state index contributed by atoms with van der Waals surface area (Å²) in [6.07, 6.45) is 5.38. The van der Waals surface area contributed by atoms with Gasteiger partial charge in [-0.3, -0.25) is 0 Å². The molecule has 2 aliphatic rings. The maximum absolute atomic E-state index is 15.3. The first kappa shape index (κ1) is 30.2. The van der Waals surface area contributed by atoms with Crippen LogP contribution in [0.3, 0.4) is 0 Å². The van der Waals surface area contributed by atoms with Crippen molar-refractivity contribution in [3.63, 3.8) is 0 Å². The predicted molar refractivity (Wildman–Crippen MR) is 166 cm³/mol. The Hall–Kier alpha value is -3.29. The summed E-state index contributed by atoms with van der Waals surface area (Å²) in [4.78, 5) is 4.52. The second kappa shape index (κ2) is 13.8. The Labute approximate surface area is 250 Å². The minimum absolute atomic E-state index is 0.0604. The van der Waals surface area contributed by atoms with E-state index < -0.39 is 0 Å². The van der Waals surface area contributed by atoms with E-state index in [0.29, 0.717) is 30.9 Å². The van der Waals surface area contributed by atoms with E-state index in [0.717, 1.165) is 68.8 Å². The van der Waals surface area contributed by atoms with Crippen LogP contribution < -0.4 is 14.4 Å². The number of likely N-dealkylation sites (N-methyl/N-ethyl adjacent to an activating group) is 1. The fraction of sp³-hybridized carbons (Fsp3) is 0.486. The number of phenols is 1. The topological polar surface area (TPSA) is 54.4 Å². The molecule has 0 radical (unpaired) electrons. The number of hydrogen-bond donors (Lipinski definition) is 1. The van der Waals surface area contributed by atoms with Gasteiger partial charge in [-0.25, -0.2) is 4.39 Å². The number of rotatable bonds is 12. The van der Waals surface area contributed by atoms with Crippen LogP contribution in [-0.2, 0) is 17.6 Å². The highest BCUT2D eigenvalue weighted by atomic mass is 19.1. The van der Waals surface area contributed by atoms with Gasteiger partial charge in [0.05, 0.1) is 19.3 Å². The number of aryl methyl sites for hydroxylation is 1. The lowest BCUT2D eigenvalue weighted by molar-refractivity contribution is 0.0769. The van der Waals surface area contributed by atoms with E-state index in [2.05, 4.69) is 48.9 Å². The van der Waals surface area contributed by atoms with Crippen LogP contribution in [0.25, 0.3) is 0 Å². The van der Waals surface area contributed by atoms with Gasteiger partial charge in [-0.05, 0) is 112 Å². The minimum Gasteiger partial charge on any atom is -0.508 e. The lowest BCUT2D eigenvalue weighted by Gasteiger charge is -2.35. The number of phenolic OH excluding ortho intramolecular Hbond substituents is 1. The molecule has 3 aromatic rings. The van der Waals surface area contributed by atoms with Crippen molar-refractivity contribution in [2.75, 3.05) is 51.9 Å². The van der Waals surface area contributed by atoms with Gasteiger partial charge in [-0.15, -0.1) is 0 Å². The van der Waals surface area contributed by atoms with Gasteiger partial charge in [0.25, 0.3) is 0 Å². The molecule has 1 fully saturated rings. The van der Waals surface area contributed by atoms with Crippen LogP contribution in [0.5, 0.6) is 17.2 Å². The minimum atomic E-state index is -0.338. The fourth-order valence-corrected chi connectivity index (χ4v) is 6.52. The third-order valence-electron chi connectivity index (χ3n) is 8.92. The number of benzene rings is 3. The van der Waals surface area contributed by atoms with Crippen molar-refractivity contribution in [3.8, 4) is 17.2 Å². The Balaban J connectivity index is 1.30. The summed E-state index contributed by atoms with van der Waals surface area (Å²) in [5.41, 5.74) is 5.81. The smallest absolute Gasteiger partial charge is 0.165 e. The summed E-state index contributed by atoms with van der Waals surface area (Å²) in [7, 11) is 3.74. The molecule has 6 nitrogen and oxygen atoms in total. The molecule has 1 saturated heterocycles. The molecule has 0 bridgehead atoms. The highest BCUT2D eigenvalue weighted by Gasteiger charge is 2.27. The summed E-state index contributed by atoms with van der Waals surface area (Å²) >= 11 is 0. The third kappa shape index (κ3) is 7.01. The van der Waals surface area contributed by atoms with E-state index in [1.54, 1.807) is 25.3 Å². The molecule has 1 heterocycles. The van der Waals surface area contributed by atoms with Crippen LogP contribution in [0.4, 0.5) is 10.1 Å². The Morgan fingerprint density at radius 1 is 1.07 bits per heavy atom. The summed E-state index contributed by atoms with van der Waals surface area (Å²) in [6.45, 7) is 7.88. The maximum Gasteiger partial charge on any atom is 0.165 e. The van der Waals surface area contributed by atoms with Gasteiger partial charge < -0.3 is 29.1 Å². The van der Waals surface area contributed by atoms with Crippen molar-refractivity contribution >= 4 is 5.69 Å². The molecule has 1 N–H and O–H groups in total. The van der Waals surface area contributed by atoms with Crippen molar-refractivity contribution < 1.29 is 23.7 Å². The average molecular weight is 577 g/mol. The van der Waals surface area contributed by atoms with E-state index >= 15 is 4.39 Å². The summed E-state index contributed by atoms with van der Waals surface area (Å²) < 4.78 is 32.5. The molecule has 0 amide bonds. The zero-order chi connectivity index (χ0) is 29.6. The van der Waals surface area contributed by atoms with Crippen LogP contribution in [0.1, 0.15) is 67.3 Å². The first-order chi connectivity index (χ1) is 20.4. The molecular weight excluding hydrogens is 531 g/mol. The molecule has 0 aromatic heterocycles. The number of ether oxygens (including phenoxy) is 3. The van der Waals surface area contributed by atoms with Gasteiger partial charge >= 0.3 is 0 Å². The van der Waals surface area contributed by atoms with E-state index in [1.807, 2.05) is 18.2 Å². The molecule has 3 atom stereocenters. The lowest BCUT2D eigenvalue weighted by atomic mass is 9.79. The molecule has 226 valence electrons. The van der Waals surface area contributed by atoms with Crippen LogP contribution in [-0.4, -0.2) is 63.1 Å². The van der Waals surface area contributed by atoms with Gasteiger partial charge in [0.1, 0.15) is 18.1 Å². The van der Waals surface area contributed by atoms with Crippen LogP contribution in [0.15, 0.2) is 54.6 Å². The fourth-order valence-electron chi connectivity index (χ4n) is 6.52. The first-order valence-corrected chi connectivity index (χ1v) is 15.3. The molecule has 7 heteroatoms. The molecular formula is C35H45FN2O4. The number of aromatic hydroxyl groups is 1. The summed E-state index contributed by atoms with van der Waals surface area (Å²) in [5.74, 6) is 1.42. The molecule has 42 heavy (non-hydrogen) atoms. The molecule has 0 spiro atoms. The molecule has 1 aliphatic carbocycles. The van der Waals surface area contributed by atoms with E-state index in [1.165, 1.54) is 16.7 Å². The molecule has 1 aliphatic heterocycles. The molecule has 1 unspecified atom stereocenters. The standard InChI is InChI=1S/C35H45FN2O4/c1-5-38(24(2)25-11-15-35(33(36)21-25)42-18-16-37(3)23-31-7-6-17-41-31)34-22-30(40-4)13-14-32(34)28-9-8-27-20-29(39)12-10-26(27)19-28/h10-15,20-22,24,28,31,39H,5-9,16-19,23H2,1-4H3/t24?,28-,31-/m1/s1. The Bertz CT molecular complexity index is 1340. The van der Waals surface area contributed by atoms with Crippen molar-refractivity contribution in [3.05, 3.63) is 82.7 Å². The van der Waals surface area contributed by atoms with Crippen molar-refractivity contribution in [2.24, 2.45) is 0 Å². The van der Waals surface area contributed by atoms with E-state index in [4.69, 9.17) is 14.2 Å². The number of anilines is 1. The van der Waals surface area contributed by atoms with Crippen molar-refractivity contribution in [1.29, 1.82) is 0 Å². The van der Waals surface area contributed by atoms with Gasteiger partial charge in [-0.1, -0.05) is 18.2 Å². The van der Waals surface area contributed by atoms with E-state index in [-0.39, 0.29) is 17.6 Å². The zero-order valence-corrected chi connectivity index (χ0v) is 25.4. The lowest BCUT2D eigenvalue weighted by Crippen LogP contribution is -2.32. The van der Waals surface area contributed by atoms with Crippen molar-refractivity contribution in [1.82, 2.24) is 4.90 Å². The van der Waals surface area contributed by atoms with Crippen LogP contribution >= 0.6 is 0 Å². The monoisotopic (exact) mass is 576 g/mol. The third-order valence-corrected chi connectivity index (χ3v) is 8.92. The number of fused-ring (bicyclic) bond motifs is 1. The van der Waals surface area contributed by atoms with Gasteiger partial charge in [0, 0.05) is 38.0 Å². The molecule has 5 rings (SSSR count). The van der Waals surface area contributed by atoms with Gasteiger partial charge in [0.15, 0.2) is 11.6 Å².